The SMILES string of the molecule is CCCCCCC(C)NS(=O)(=O)c1cn(CC)nc1C. The highest BCUT2D eigenvalue weighted by Crippen LogP contribution is 2.15. The Morgan fingerprint density at radius 1 is 1.30 bits per heavy atom. The molecule has 0 radical (unpaired) electrons. The Kier molecular flexibility index (Phi) is 6.68. The molecule has 1 aromatic rings. The van der Waals surface area contributed by atoms with Crippen molar-refractivity contribution in [1.82, 2.24) is 14.5 Å². The second kappa shape index (κ2) is 7.78. The van der Waals surface area contributed by atoms with Crippen molar-refractivity contribution in [2.24, 2.45) is 0 Å². The van der Waals surface area contributed by atoms with E-state index in [9.17, 15) is 8.42 Å². The summed E-state index contributed by atoms with van der Waals surface area (Å²) < 4.78 is 29.0. The van der Waals surface area contributed by atoms with Crippen LogP contribution in [0.3, 0.4) is 0 Å². The number of nitrogens with zero attached hydrogens (tertiary/aromatic N) is 2. The molecule has 0 saturated carbocycles. The molecule has 116 valence electrons. The van der Waals surface area contributed by atoms with Crippen LogP contribution in [-0.2, 0) is 16.6 Å². The fourth-order valence-electron chi connectivity index (χ4n) is 2.19. The summed E-state index contributed by atoms with van der Waals surface area (Å²) in [5, 5.41) is 4.19. The molecule has 1 N–H and O–H groups in total. The van der Waals surface area contributed by atoms with Crippen LogP contribution in [0.4, 0.5) is 0 Å². The average Bonchev–Trinajstić information content (AvgIpc) is 2.76. The molecule has 0 bridgehead atoms. The number of aryl methyl sites for hydroxylation is 2. The van der Waals surface area contributed by atoms with Gasteiger partial charge in [0, 0.05) is 18.8 Å². The first-order valence-electron chi connectivity index (χ1n) is 7.47. The molecule has 1 atom stereocenters. The van der Waals surface area contributed by atoms with E-state index in [1.807, 2.05) is 13.8 Å². The second-order valence-corrected chi connectivity index (χ2v) is 6.99. The van der Waals surface area contributed by atoms with Crippen LogP contribution in [0.25, 0.3) is 0 Å². The van der Waals surface area contributed by atoms with Gasteiger partial charge in [-0.25, -0.2) is 13.1 Å². The molecule has 0 spiro atoms. The summed E-state index contributed by atoms with van der Waals surface area (Å²) in [6.07, 6.45) is 7.10. The highest BCUT2D eigenvalue weighted by atomic mass is 32.2. The van der Waals surface area contributed by atoms with Gasteiger partial charge in [-0.2, -0.15) is 5.10 Å². The van der Waals surface area contributed by atoms with Crippen LogP contribution >= 0.6 is 0 Å². The molecule has 0 saturated heterocycles. The third kappa shape index (κ3) is 4.90. The van der Waals surface area contributed by atoms with Crippen LogP contribution in [0.1, 0.15) is 58.6 Å². The number of hydrogen-bond donors (Lipinski definition) is 1. The summed E-state index contributed by atoms with van der Waals surface area (Å²) in [6, 6.07) is -0.0405. The molecule has 0 aliphatic rings. The molecule has 1 unspecified atom stereocenters. The van der Waals surface area contributed by atoms with Gasteiger partial charge in [-0.3, -0.25) is 4.68 Å². The fourth-order valence-corrected chi connectivity index (χ4v) is 3.65. The molecule has 0 amide bonds. The Balaban J connectivity index is 2.62. The van der Waals surface area contributed by atoms with Gasteiger partial charge in [0.15, 0.2) is 0 Å². The van der Waals surface area contributed by atoms with Crippen LogP contribution in [0.5, 0.6) is 0 Å². The number of hydrogen-bond acceptors (Lipinski definition) is 3. The van der Waals surface area contributed by atoms with E-state index < -0.39 is 10.0 Å². The van der Waals surface area contributed by atoms with Crippen molar-refractivity contribution in [1.29, 1.82) is 0 Å². The molecule has 5 nitrogen and oxygen atoms in total. The molecule has 20 heavy (non-hydrogen) atoms. The zero-order valence-electron chi connectivity index (χ0n) is 13.0. The van der Waals surface area contributed by atoms with Crippen LogP contribution in [0, 0.1) is 6.92 Å². The Labute approximate surface area is 122 Å². The summed E-state index contributed by atoms with van der Waals surface area (Å²) in [5.41, 5.74) is 0.553. The minimum absolute atomic E-state index is 0.0405. The van der Waals surface area contributed by atoms with Crippen LogP contribution in [-0.4, -0.2) is 24.2 Å². The number of unbranched alkanes of at least 4 members (excludes halogenated alkanes) is 3. The van der Waals surface area contributed by atoms with Gasteiger partial charge in [-0.05, 0) is 27.2 Å². The molecule has 0 fully saturated rings. The van der Waals surface area contributed by atoms with Gasteiger partial charge >= 0.3 is 0 Å². The standard InChI is InChI=1S/C14H27N3O2S/c1-5-7-8-9-10-12(3)16-20(18,19)14-11-17(6-2)15-13(14)4/h11-12,16H,5-10H2,1-4H3. The Morgan fingerprint density at radius 3 is 2.55 bits per heavy atom. The number of sulfonamides is 1. The summed E-state index contributed by atoms with van der Waals surface area (Å²) in [7, 11) is -3.46. The van der Waals surface area contributed by atoms with Gasteiger partial charge in [0.2, 0.25) is 10.0 Å². The van der Waals surface area contributed by atoms with Crippen molar-refractivity contribution in [3.05, 3.63) is 11.9 Å². The molecule has 0 aromatic carbocycles. The lowest BCUT2D eigenvalue weighted by Gasteiger charge is -2.13. The molecular weight excluding hydrogens is 274 g/mol. The zero-order valence-corrected chi connectivity index (χ0v) is 13.8. The van der Waals surface area contributed by atoms with E-state index in [4.69, 9.17) is 0 Å². The molecule has 1 aromatic heterocycles. The topological polar surface area (TPSA) is 64.0 Å². The van der Waals surface area contributed by atoms with E-state index in [1.165, 1.54) is 12.8 Å². The maximum absolute atomic E-state index is 12.3. The van der Waals surface area contributed by atoms with Crippen LogP contribution < -0.4 is 4.72 Å². The lowest BCUT2D eigenvalue weighted by Crippen LogP contribution is -2.32. The van der Waals surface area contributed by atoms with Crippen molar-refractivity contribution in [2.75, 3.05) is 0 Å². The predicted octanol–water partition coefficient (Wildman–Crippen LogP) is 2.85. The van der Waals surface area contributed by atoms with Crippen molar-refractivity contribution in [2.45, 2.75) is 77.3 Å². The van der Waals surface area contributed by atoms with Gasteiger partial charge in [0.1, 0.15) is 4.90 Å². The fraction of sp³-hybridized carbons (Fsp3) is 0.786. The third-order valence-electron chi connectivity index (χ3n) is 3.36. The Bertz CT molecular complexity index is 508. The quantitative estimate of drug-likeness (QED) is 0.713. The van der Waals surface area contributed by atoms with Crippen molar-refractivity contribution in [3.8, 4) is 0 Å². The predicted molar refractivity (Wildman–Crippen MR) is 81.2 cm³/mol. The van der Waals surface area contributed by atoms with E-state index in [0.29, 0.717) is 17.1 Å². The molecular formula is C14H27N3O2S. The first-order valence-corrected chi connectivity index (χ1v) is 8.95. The number of rotatable bonds is 9. The van der Waals surface area contributed by atoms with Crippen molar-refractivity contribution >= 4 is 10.0 Å². The first-order chi connectivity index (χ1) is 9.40. The van der Waals surface area contributed by atoms with Gasteiger partial charge in [-0.15, -0.1) is 0 Å². The normalized spacial score (nSPS) is 13.6. The zero-order chi connectivity index (χ0) is 15.2. The Hall–Kier alpha value is -0.880. The van der Waals surface area contributed by atoms with Crippen molar-refractivity contribution in [3.63, 3.8) is 0 Å². The number of nitrogens with one attached hydrogen (secondary N) is 1. The van der Waals surface area contributed by atoms with E-state index in [2.05, 4.69) is 16.7 Å². The number of aromatic nitrogens is 2. The van der Waals surface area contributed by atoms with E-state index in [1.54, 1.807) is 17.8 Å². The monoisotopic (exact) mass is 301 g/mol. The first kappa shape index (κ1) is 17.2. The molecule has 1 heterocycles. The highest BCUT2D eigenvalue weighted by molar-refractivity contribution is 7.89. The van der Waals surface area contributed by atoms with Gasteiger partial charge < -0.3 is 0 Å². The van der Waals surface area contributed by atoms with Gasteiger partial charge in [0.05, 0.1) is 5.69 Å². The van der Waals surface area contributed by atoms with Gasteiger partial charge in [-0.1, -0.05) is 32.6 Å². The minimum Gasteiger partial charge on any atom is -0.271 e. The lowest BCUT2D eigenvalue weighted by atomic mass is 10.1. The van der Waals surface area contributed by atoms with E-state index in [0.717, 1.165) is 19.3 Å². The smallest absolute Gasteiger partial charge is 0.244 e. The molecule has 0 aliphatic carbocycles. The Morgan fingerprint density at radius 2 is 2.00 bits per heavy atom. The second-order valence-electron chi connectivity index (χ2n) is 5.31. The molecule has 6 heteroatoms. The average molecular weight is 301 g/mol. The van der Waals surface area contributed by atoms with E-state index in [-0.39, 0.29) is 6.04 Å². The van der Waals surface area contributed by atoms with E-state index >= 15 is 0 Å². The van der Waals surface area contributed by atoms with Crippen LogP contribution in [0.2, 0.25) is 0 Å². The largest absolute Gasteiger partial charge is 0.271 e. The highest BCUT2D eigenvalue weighted by Gasteiger charge is 2.21. The summed E-state index contributed by atoms with van der Waals surface area (Å²) in [4.78, 5) is 0.291. The van der Waals surface area contributed by atoms with Crippen LogP contribution in [0.15, 0.2) is 11.1 Å². The van der Waals surface area contributed by atoms with Gasteiger partial charge in [0.25, 0.3) is 0 Å². The summed E-state index contributed by atoms with van der Waals surface area (Å²) in [6.45, 7) is 8.42. The summed E-state index contributed by atoms with van der Waals surface area (Å²) >= 11 is 0. The summed E-state index contributed by atoms with van der Waals surface area (Å²) in [5.74, 6) is 0. The molecule has 0 aliphatic heterocycles. The minimum atomic E-state index is -3.46. The maximum atomic E-state index is 12.3. The third-order valence-corrected chi connectivity index (χ3v) is 5.05. The molecule has 1 rings (SSSR count). The lowest BCUT2D eigenvalue weighted by molar-refractivity contribution is 0.521. The van der Waals surface area contributed by atoms with Crippen molar-refractivity contribution < 1.29 is 8.42 Å². The maximum Gasteiger partial charge on any atom is 0.244 e.